The van der Waals surface area contributed by atoms with Gasteiger partial charge in [-0.05, 0) is 42.3 Å². The lowest BCUT2D eigenvalue weighted by Gasteiger charge is -2.16. The molecule has 0 spiro atoms. The minimum atomic E-state index is -0.310. The quantitative estimate of drug-likeness (QED) is 0.710. The van der Waals surface area contributed by atoms with Gasteiger partial charge in [-0.2, -0.15) is 0 Å². The van der Waals surface area contributed by atoms with Crippen LogP contribution in [-0.4, -0.2) is 29.9 Å². The highest BCUT2D eigenvalue weighted by molar-refractivity contribution is 6.31. The molecular formula is C21H20ClN3O2. The molecule has 138 valence electrons. The van der Waals surface area contributed by atoms with Gasteiger partial charge >= 0.3 is 0 Å². The Labute approximate surface area is 162 Å². The molecule has 6 heteroatoms. The number of nitrogens with zero attached hydrogens (tertiary/aromatic N) is 1. The van der Waals surface area contributed by atoms with Crippen molar-refractivity contribution in [2.45, 2.75) is 12.8 Å². The smallest absolute Gasteiger partial charge is 0.227 e. The Kier molecular flexibility index (Phi) is 4.86. The van der Waals surface area contributed by atoms with Gasteiger partial charge in [-0.3, -0.25) is 9.59 Å². The van der Waals surface area contributed by atoms with Crippen LogP contribution in [0.2, 0.25) is 5.02 Å². The van der Waals surface area contributed by atoms with Gasteiger partial charge in [0.15, 0.2) is 0 Å². The zero-order valence-electron chi connectivity index (χ0n) is 14.7. The number of carbonyl (C=O) groups excluding carboxylic acids is 2. The zero-order chi connectivity index (χ0) is 18.8. The predicted octanol–water partition coefficient (Wildman–Crippen LogP) is 3.53. The van der Waals surface area contributed by atoms with Crippen LogP contribution in [-0.2, 0) is 16.0 Å². The molecule has 27 heavy (non-hydrogen) atoms. The van der Waals surface area contributed by atoms with Crippen molar-refractivity contribution in [1.29, 1.82) is 0 Å². The molecular weight excluding hydrogens is 362 g/mol. The molecule has 0 bridgehead atoms. The van der Waals surface area contributed by atoms with Crippen molar-refractivity contribution >= 4 is 40.0 Å². The van der Waals surface area contributed by atoms with E-state index in [4.69, 9.17) is 11.6 Å². The first kappa shape index (κ1) is 17.6. The molecule has 1 aliphatic rings. The molecule has 1 unspecified atom stereocenters. The fourth-order valence-electron chi connectivity index (χ4n) is 3.56. The molecule has 2 amide bonds. The monoisotopic (exact) mass is 381 g/mol. The number of anilines is 1. The molecule has 1 saturated heterocycles. The Morgan fingerprint density at radius 1 is 1.22 bits per heavy atom. The van der Waals surface area contributed by atoms with E-state index >= 15 is 0 Å². The summed E-state index contributed by atoms with van der Waals surface area (Å²) in [7, 11) is 0. The van der Waals surface area contributed by atoms with Crippen LogP contribution < -0.4 is 10.2 Å². The number of fused-ring (bicyclic) bond motifs is 1. The van der Waals surface area contributed by atoms with Crippen molar-refractivity contribution < 1.29 is 9.59 Å². The minimum absolute atomic E-state index is 0.00683. The van der Waals surface area contributed by atoms with Gasteiger partial charge < -0.3 is 15.2 Å². The van der Waals surface area contributed by atoms with Crippen molar-refractivity contribution in [2.24, 2.45) is 5.92 Å². The van der Waals surface area contributed by atoms with E-state index in [0.717, 1.165) is 22.2 Å². The van der Waals surface area contributed by atoms with Crippen molar-refractivity contribution in [3.63, 3.8) is 0 Å². The first-order valence-electron chi connectivity index (χ1n) is 9.00. The van der Waals surface area contributed by atoms with Crippen LogP contribution in [0.15, 0.2) is 54.7 Å². The molecule has 0 aliphatic carbocycles. The fourth-order valence-corrected chi connectivity index (χ4v) is 3.73. The number of halogens is 1. The van der Waals surface area contributed by atoms with E-state index in [2.05, 4.69) is 10.3 Å². The maximum Gasteiger partial charge on any atom is 0.227 e. The molecule has 2 N–H and O–H groups in total. The van der Waals surface area contributed by atoms with E-state index in [-0.39, 0.29) is 24.2 Å². The van der Waals surface area contributed by atoms with Gasteiger partial charge in [0.25, 0.3) is 0 Å². The Bertz CT molecular complexity index is 984. The first-order chi connectivity index (χ1) is 13.1. The third-order valence-corrected chi connectivity index (χ3v) is 5.22. The lowest BCUT2D eigenvalue weighted by Crippen LogP contribution is -2.34. The van der Waals surface area contributed by atoms with Crippen LogP contribution in [0.25, 0.3) is 10.9 Å². The van der Waals surface area contributed by atoms with Gasteiger partial charge in [-0.1, -0.05) is 29.8 Å². The van der Waals surface area contributed by atoms with Crippen LogP contribution in [0, 0.1) is 5.92 Å². The van der Waals surface area contributed by atoms with E-state index in [1.54, 1.807) is 4.90 Å². The summed E-state index contributed by atoms with van der Waals surface area (Å²) in [6, 6.07) is 15.2. The Hall–Kier alpha value is -2.79. The molecule has 5 nitrogen and oxygen atoms in total. The van der Waals surface area contributed by atoms with Gasteiger partial charge in [-0.15, -0.1) is 0 Å². The highest BCUT2D eigenvalue weighted by atomic mass is 35.5. The third kappa shape index (κ3) is 3.69. The van der Waals surface area contributed by atoms with Crippen LogP contribution >= 0.6 is 11.6 Å². The van der Waals surface area contributed by atoms with Crippen molar-refractivity contribution in [3.05, 3.63) is 65.3 Å². The number of benzene rings is 2. The van der Waals surface area contributed by atoms with Crippen LogP contribution in [0.3, 0.4) is 0 Å². The molecule has 1 atom stereocenters. The third-order valence-electron chi connectivity index (χ3n) is 4.99. The van der Waals surface area contributed by atoms with E-state index in [1.165, 1.54) is 0 Å². The Morgan fingerprint density at radius 2 is 2.04 bits per heavy atom. The maximum absolute atomic E-state index is 12.5. The number of para-hydroxylation sites is 1. The second kappa shape index (κ2) is 7.45. The van der Waals surface area contributed by atoms with E-state index in [0.29, 0.717) is 24.5 Å². The summed E-state index contributed by atoms with van der Waals surface area (Å²) in [5, 5.41) is 4.73. The highest BCUT2D eigenvalue weighted by Crippen LogP contribution is 2.25. The lowest BCUT2D eigenvalue weighted by atomic mass is 10.1. The van der Waals surface area contributed by atoms with E-state index < -0.39 is 0 Å². The molecule has 2 aromatic carbocycles. The minimum Gasteiger partial charge on any atom is -0.361 e. The molecule has 1 aliphatic heterocycles. The summed E-state index contributed by atoms with van der Waals surface area (Å²) >= 11 is 6.08. The second-order valence-corrected chi connectivity index (χ2v) is 7.22. The largest absolute Gasteiger partial charge is 0.361 e. The van der Waals surface area contributed by atoms with Gasteiger partial charge in [0, 0.05) is 47.3 Å². The van der Waals surface area contributed by atoms with Crippen LogP contribution in [0.4, 0.5) is 5.69 Å². The van der Waals surface area contributed by atoms with E-state index in [1.807, 2.05) is 54.7 Å². The van der Waals surface area contributed by atoms with Crippen molar-refractivity contribution in [1.82, 2.24) is 10.3 Å². The van der Waals surface area contributed by atoms with Crippen LogP contribution in [0.5, 0.6) is 0 Å². The topological polar surface area (TPSA) is 65.2 Å². The van der Waals surface area contributed by atoms with E-state index in [9.17, 15) is 9.59 Å². The second-order valence-electron chi connectivity index (χ2n) is 6.79. The van der Waals surface area contributed by atoms with Crippen molar-refractivity contribution in [3.8, 4) is 0 Å². The summed E-state index contributed by atoms with van der Waals surface area (Å²) < 4.78 is 0. The summed E-state index contributed by atoms with van der Waals surface area (Å²) in [6.07, 6.45) is 2.90. The number of aromatic amines is 1. The summed E-state index contributed by atoms with van der Waals surface area (Å²) in [4.78, 5) is 29.7. The summed E-state index contributed by atoms with van der Waals surface area (Å²) in [5.74, 6) is -0.387. The zero-order valence-corrected chi connectivity index (χ0v) is 15.5. The van der Waals surface area contributed by atoms with Crippen molar-refractivity contribution in [2.75, 3.05) is 18.0 Å². The number of rotatable bonds is 5. The number of hydrogen-bond acceptors (Lipinski definition) is 2. The van der Waals surface area contributed by atoms with Gasteiger partial charge in [0.1, 0.15) is 0 Å². The number of nitrogens with one attached hydrogen (secondary N) is 2. The molecule has 4 rings (SSSR count). The number of carbonyl (C=O) groups is 2. The average Bonchev–Trinajstić information content (AvgIpc) is 3.26. The molecule has 1 aromatic heterocycles. The summed E-state index contributed by atoms with van der Waals surface area (Å²) in [6.45, 7) is 0.950. The molecule has 2 heterocycles. The van der Waals surface area contributed by atoms with Gasteiger partial charge in [0.2, 0.25) is 11.8 Å². The number of aromatic nitrogens is 1. The molecule has 0 radical (unpaired) electrons. The Morgan fingerprint density at radius 3 is 2.85 bits per heavy atom. The average molecular weight is 382 g/mol. The first-order valence-corrected chi connectivity index (χ1v) is 9.38. The SMILES string of the molecule is O=C(NCCc1c[nH]c2ccc(Cl)cc12)C1CC(=O)N(c2ccccc2)C1. The van der Waals surface area contributed by atoms with Gasteiger partial charge in [0.05, 0.1) is 5.92 Å². The van der Waals surface area contributed by atoms with Gasteiger partial charge in [-0.25, -0.2) is 0 Å². The lowest BCUT2D eigenvalue weighted by molar-refractivity contribution is -0.126. The summed E-state index contributed by atoms with van der Waals surface area (Å²) in [5.41, 5.74) is 2.98. The Balaban J connectivity index is 1.34. The standard InChI is InChI=1S/C21H20ClN3O2/c22-16-6-7-19-18(11-16)14(12-24-19)8-9-23-21(27)15-10-20(26)25(13-15)17-4-2-1-3-5-17/h1-7,11-12,15,24H,8-10,13H2,(H,23,27). The number of amides is 2. The maximum atomic E-state index is 12.5. The normalized spacial score (nSPS) is 16.9. The molecule has 1 fully saturated rings. The number of hydrogen-bond donors (Lipinski definition) is 2. The fraction of sp³-hybridized carbons (Fsp3) is 0.238. The predicted molar refractivity (Wildman–Crippen MR) is 107 cm³/mol. The van der Waals surface area contributed by atoms with Crippen LogP contribution in [0.1, 0.15) is 12.0 Å². The highest BCUT2D eigenvalue weighted by Gasteiger charge is 2.34. The molecule has 0 saturated carbocycles. The molecule has 3 aromatic rings. The number of H-pyrrole nitrogens is 1.